The molecule has 0 radical (unpaired) electrons. The highest BCUT2D eigenvalue weighted by atomic mass is 16.2. The molecule has 1 unspecified atom stereocenters. The second kappa shape index (κ2) is 26.0. The van der Waals surface area contributed by atoms with Gasteiger partial charge in [0.05, 0.1) is 30.7 Å². The van der Waals surface area contributed by atoms with E-state index in [9.17, 15) is 33.6 Å². The fraction of sp³-hybridized carbons (Fsp3) is 0.508. The lowest BCUT2D eigenvalue weighted by molar-refractivity contribution is -0.147. The number of hydrogen-bond donors (Lipinski definition) is 7. The normalized spacial score (nSPS) is 20.9. The summed E-state index contributed by atoms with van der Waals surface area (Å²) in [5.74, 6) is -2.75. The summed E-state index contributed by atoms with van der Waals surface area (Å²) in [5, 5.41) is 21.4. The van der Waals surface area contributed by atoms with E-state index in [0.717, 1.165) is 66.3 Å². The monoisotopic (exact) mass is 1130 g/mol. The number of benzene rings is 4. The van der Waals surface area contributed by atoms with E-state index in [1.807, 2.05) is 96.1 Å². The first-order valence-electron chi connectivity index (χ1n) is 29.5. The van der Waals surface area contributed by atoms with Crippen LogP contribution in [0.25, 0.3) is 0 Å². The third kappa shape index (κ3) is 14.3. The van der Waals surface area contributed by atoms with Gasteiger partial charge < -0.3 is 51.9 Å². The van der Waals surface area contributed by atoms with Crippen molar-refractivity contribution in [3.63, 3.8) is 0 Å². The first-order valence-corrected chi connectivity index (χ1v) is 29.5. The van der Waals surface area contributed by atoms with E-state index in [1.54, 1.807) is 62.0 Å². The third-order valence-corrected chi connectivity index (χ3v) is 17.2. The highest BCUT2D eigenvalue weighted by molar-refractivity contribution is 5.97. The second-order valence-electron chi connectivity index (χ2n) is 25.3. The Morgan fingerprint density at radius 2 is 1.11 bits per heavy atom. The molecule has 0 spiro atoms. The number of likely N-dealkylation sites (N-methyl/N-ethyl adjacent to an activating group) is 2. The predicted molar refractivity (Wildman–Crippen MR) is 320 cm³/mol. The van der Waals surface area contributed by atoms with E-state index >= 15 is 4.79 Å². The molecule has 83 heavy (non-hydrogen) atoms. The maximum atomic E-state index is 15.0. The second-order valence-corrected chi connectivity index (χ2v) is 25.3. The molecular formula is C65H86N10O8. The van der Waals surface area contributed by atoms with Gasteiger partial charge in [-0.15, -0.1) is 0 Å². The van der Waals surface area contributed by atoms with Crippen LogP contribution in [0, 0.1) is 10.8 Å². The number of nitrogens with one attached hydrogen (secondary N) is 7. The molecule has 2 heterocycles. The van der Waals surface area contributed by atoms with Crippen molar-refractivity contribution in [3.8, 4) is 0 Å². The Morgan fingerprint density at radius 1 is 0.602 bits per heavy atom. The summed E-state index contributed by atoms with van der Waals surface area (Å²) in [6.07, 6.45) is 5.54. The number of aryl methyl sites for hydroxylation is 2. The average molecular weight is 1140 g/mol. The molecule has 8 amide bonds. The lowest BCUT2D eigenvalue weighted by Gasteiger charge is -2.42. The highest BCUT2D eigenvalue weighted by Gasteiger charge is 2.47. The molecule has 1 saturated heterocycles. The van der Waals surface area contributed by atoms with Gasteiger partial charge in [-0.05, 0) is 147 Å². The number of fused-ring (bicyclic) bond motifs is 3. The van der Waals surface area contributed by atoms with E-state index in [4.69, 9.17) is 0 Å². The van der Waals surface area contributed by atoms with Gasteiger partial charge in [-0.25, -0.2) is 0 Å². The quantitative estimate of drug-likeness (QED) is 0.0667. The largest absolute Gasteiger partial charge is 0.347 e. The van der Waals surface area contributed by atoms with Crippen LogP contribution in [0.4, 0.5) is 5.69 Å². The molecule has 444 valence electrons. The van der Waals surface area contributed by atoms with Crippen molar-refractivity contribution in [2.75, 3.05) is 25.5 Å². The maximum Gasteiger partial charge on any atom is 0.251 e. The predicted octanol–water partition coefficient (Wildman–Crippen LogP) is 5.86. The van der Waals surface area contributed by atoms with Crippen LogP contribution in [0.1, 0.15) is 156 Å². The zero-order valence-corrected chi connectivity index (χ0v) is 50.2. The summed E-state index contributed by atoms with van der Waals surface area (Å²) in [6, 6.07) is 22.8. The molecule has 1 fully saturated rings. The topological polar surface area (TPSA) is 230 Å². The van der Waals surface area contributed by atoms with Gasteiger partial charge in [0.25, 0.3) is 5.91 Å². The Bertz CT molecular complexity index is 3080. The smallest absolute Gasteiger partial charge is 0.251 e. The lowest BCUT2D eigenvalue weighted by atomic mass is 9.83. The summed E-state index contributed by atoms with van der Waals surface area (Å²) in [6.45, 7) is 16.4. The molecule has 0 bridgehead atoms. The van der Waals surface area contributed by atoms with E-state index in [2.05, 4.69) is 49.4 Å². The molecule has 18 heteroatoms. The van der Waals surface area contributed by atoms with Crippen molar-refractivity contribution < 1.29 is 38.4 Å². The Morgan fingerprint density at radius 3 is 1.61 bits per heavy atom. The molecule has 18 nitrogen and oxygen atoms in total. The molecule has 4 aliphatic rings. The fourth-order valence-corrected chi connectivity index (χ4v) is 12.0. The molecule has 9 atom stereocenters. The van der Waals surface area contributed by atoms with Crippen LogP contribution >= 0.6 is 0 Å². The number of anilines is 1. The summed E-state index contributed by atoms with van der Waals surface area (Å²) in [7, 11) is 3.34. The molecule has 4 aromatic carbocycles. The van der Waals surface area contributed by atoms with Gasteiger partial charge in [-0.2, -0.15) is 0 Å². The molecule has 0 aromatic heterocycles. The Hall–Kier alpha value is -7.44. The van der Waals surface area contributed by atoms with Gasteiger partial charge in [0.1, 0.15) is 24.2 Å². The first kappa shape index (κ1) is 61.6. The van der Waals surface area contributed by atoms with Gasteiger partial charge in [0.15, 0.2) is 0 Å². The van der Waals surface area contributed by atoms with Crippen molar-refractivity contribution in [2.45, 2.75) is 181 Å². The number of amides is 8. The van der Waals surface area contributed by atoms with Crippen LogP contribution in [0.15, 0.2) is 91.0 Å². The van der Waals surface area contributed by atoms with Crippen molar-refractivity contribution >= 4 is 52.9 Å². The van der Waals surface area contributed by atoms with Crippen molar-refractivity contribution in [2.24, 2.45) is 10.8 Å². The average Bonchev–Trinajstić information content (AvgIpc) is 3.31. The molecule has 8 rings (SSSR count). The molecule has 2 aliphatic heterocycles. The van der Waals surface area contributed by atoms with Gasteiger partial charge in [0.2, 0.25) is 41.4 Å². The molecule has 4 aromatic rings. The number of likely N-dealkylation sites (tertiary alicyclic amines) is 1. The number of hydrogen-bond acceptors (Lipinski definition) is 10. The minimum atomic E-state index is -0.969. The number of carbonyl (C=O) groups is 8. The third-order valence-electron chi connectivity index (χ3n) is 17.2. The fourth-order valence-electron chi connectivity index (χ4n) is 12.0. The Balaban J connectivity index is 0.998. The standard InChI is InChI=1S/C65H86N10O8/c1-38(66-10)57(77)71-55(64(4,5)6)62(82)74-36-46-32-48(31-30-45(46)33-53(74)60(80)69-51-24-16-20-42-18-12-14-22-49(42)51)73(40(3)76)35-41-26-28-44(29-27-41)59(79)68-47-34-54(61(81)70-52-25-17-21-43-19-13-15-23-50(43)52)75(37-47)63(83)56(65(7,8)9)72-58(78)39(2)67-11/h12-15,18-19,22-23,26-32,38-39,47,51-56,66-67H,16-17,20-21,24-25,33-37H2,1-11H3,(H,68,79)(H,69,80)(H,70,81)(H,71,77)(H,72,78)/t38-,39-,47-,51+,52+,53-,54-,55?,56+/m0/s1. The molecule has 0 saturated carbocycles. The van der Waals surface area contributed by atoms with Crippen LogP contribution in [0.5, 0.6) is 0 Å². The highest BCUT2D eigenvalue weighted by Crippen LogP contribution is 2.35. The van der Waals surface area contributed by atoms with E-state index < -0.39 is 64.9 Å². The lowest BCUT2D eigenvalue weighted by Crippen LogP contribution is -2.62. The van der Waals surface area contributed by atoms with E-state index in [-0.39, 0.29) is 80.0 Å². The maximum absolute atomic E-state index is 15.0. The van der Waals surface area contributed by atoms with Crippen molar-refractivity contribution in [3.05, 3.63) is 136 Å². The van der Waals surface area contributed by atoms with Crippen LogP contribution < -0.4 is 42.1 Å². The van der Waals surface area contributed by atoms with Gasteiger partial charge in [-0.3, -0.25) is 38.4 Å². The van der Waals surface area contributed by atoms with Crippen LogP contribution in [-0.4, -0.2) is 120 Å². The van der Waals surface area contributed by atoms with Crippen LogP contribution in [-0.2, 0) is 65.9 Å². The van der Waals surface area contributed by atoms with Crippen molar-refractivity contribution in [1.82, 2.24) is 47.0 Å². The van der Waals surface area contributed by atoms with Gasteiger partial charge >= 0.3 is 0 Å². The molecular weight excluding hydrogens is 1050 g/mol. The summed E-state index contributed by atoms with van der Waals surface area (Å²) in [5.41, 5.74) is 6.31. The van der Waals surface area contributed by atoms with Crippen molar-refractivity contribution in [1.29, 1.82) is 0 Å². The zero-order valence-electron chi connectivity index (χ0n) is 50.2. The SMILES string of the molecule is CN[C@@H](C)C(=O)NC(C(=O)N1Cc2cc(N(Cc3ccc(C(=O)N[C@H]4C[C@@H](C(=O)N[C@@H]5CCCc6ccccc65)N(C(=O)[C@@H](NC(=O)[C@H](C)NC)C(C)(C)C)C4)cc3)C(C)=O)ccc2C[C@H]1C(=O)N[C@@H]1CCCc2ccccc21)C(C)(C)C. The summed E-state index contributed by atoms with van der Waals surface area (Å²) in [4.78, 5) is 118. The number of carbonyl (C=O) groups excluding carboxylic acids is 8. The van der Waals surface area contributed by atoms with Gasteiger partial charge in [0, 0.05) is 43.7 Å². The minimum absolute atomic E-state index is 0.0410. The Kier molecular flexibility index (Phi) is 19.3. The van der Waals surface area contributed by atoms with E-state index in [1.165, 1.54) is 23.0 Å². The minimum Gasteiger partial charge on any atom is -0.347 e. The van der Waals surface area contributed by atoms with Crippen LogP contribution in [0.3, 0.4) is 0 Å². The van der Waals surface area contributed by atoms with Gasteiger partial charge in [-0.1, -0.05) is 108 Å². The molecule has 2 aliphatic carbocycles. The molecule has 7 N–H and O–H groups in total. The summed E-state index contributed by atoms with van der Waals surface area (Å²) < 4.78 is 0. The number of rotatable bonds is 17. The zero-order chi connectivity index (χ0) is 60.1. The van der Waals surface area contributed by atoms with Crippen LogP contribution in [0.2, 0.25) is 0 Å². The Labute approximate surface area is 489 Å². The summed E-state index contributed by atoms with van der Waals surface area (Å²) >= 11 is 0. The van der Waals surface area contributed by atoms with E-state index in [0.29, 0.717) is 11.3 Å². The first-order chi connectivity index (χ1) is 39.4. The number of nitrogens with zero attached hydrogens (tertiary/aromatic N) is 3.